The van der Waals surface area contributed by atoms with E-state index in [0.717, 1.165) is 37.1 Å². The number of carbonyl (C=O) groups is 1. The zero-order valence-corrected chi connectivity index (χ0v) is 19.3. The van der Waals surface area contributed by atoms with Crippen LogP contribution in [0.3, 0.4) is 0 Å². The Balaban J connectivity index is 1.64. The van der Waals surface area contributed by atoms with Crippen molar-refractivity contribution in [1.29, 1.82) is 0 Å². The maximum absolute atomic E-state index is 13.4. The second-order valence-electron chi connectivity index (χ2n) is 7.73. The van der Waals surface area contributed by atoms with E-state index in [2.05, 4.69) is 27.0 Å². The fourth-order valence-corrected chi connectivity index (χ4v) is 5.31. The van der Waals surface area contributed by atoms with E-state index in [1.807, 2.05) is 48.7 Å². The van der Waals surface area contributed by atoms with Crippen LogP contribution < -0.4 is 5.73 Å². The van der Waals surface area contributed by atoms with Gasteiger partial charge in [0.25, 0.3) is 0 Å². The largest absolute Gasteiger partial charge is 0.464 e. The quantitative estimate of drug-likeness (QED) is 0.429. The minimum atomic E-state index is -0.844. The number of thiophene rings is 1. The van der Waals surface area contributed by atoms with Crippen molar-refractivity contribution in [3.63, 3.8) is 0 Å². The topological polar surface area (TPSA) is 84.7 Å². The van der Waals surface area contributed by atoms with Crippen molar-refractivity contribution in [3.05, 3.63) is 75.2 Å². The molecule has 6 nitrogen and oxygen atoms in total. The molecule has 1 aromatic carbocycles. The van der Waals surface area contributed by atoms with Gasteiger partial charge >= 0.3 is 0 Å². The highest BCUT2D eigenvalue weighted by Crippen LogP contribution is 2.47. The van der Waals surface area contributed by atoms with Gasteiger partial charge in [0.05, 0.1) is 17.9 Å². The highest BCUT2D eigenvalue weighted by Gasteiger charge is 2.48. The first-order chi connectivity index (χ1) is 14.9. The minimum Gasteiger partial charge on any atom is -0.464 e. The smallest absolute Gasteiger partial charge is 0.239 e. The number of hydrogen-bond donors (Lipinski definition) is 1. The van der Waals surface area contributed by atoms with Crippen LogP contribution in [0.25, 0.3) is 22.2 Å². The number of nitrogens with two attached hydrogens (primary N) is 1. The number of pyridine rings is 1. The fraction of sp³-hybridized carbons (Fsp3) is 0.174. The van der Waals surface area contributed by atoms with E-state index in [1.165, 1.54) is 4.90 Å². The summed E-state index contributed by atoms with van der Waals surface area (Å²) in [7, 11) is 1.66. The number of benzene rings is 1. The van der Waals surface area contributed by atoms with Crippen molar-refractivity contribution in [2.45, 2.75) is 18.4 Å². The summed E-state index contributed by atoms with van der Waals surface area (Å²) in [5.41, 5.74) is 8.82. The Labute approximate surface area is 191 Å². The van der Waals surface area contributed by atoms with Crippen LogP contribution in [0.1, 0.15) is 23.3 Å². The summed E-state index contributed by atoms with van der Waals surface area (Å²) in [6.45, 7) is 1.97. The Morgan fingerprint density at radius 3 is 2.84 bits per heavy atom. The first kappa shape index (κ1) is 20.0. The van der Waals surface area contributed by atoms with Crippen molar-refractivity contribution in [1.82, 2.24) is 9.88 Å². The minimum absolute atomic E-state index is 0.0884. The van der Waals surface area contributed by atoms with E-state index in [-0.39, 0.29) is 11.9 Å². The number of aromatic nitrogens is 1. The summed E-state index contributed by atoms with van der Waals surface area (Å²) in [5, 5.41) is 2.99. The van der Waals surface area contributed by atoms with Crippen molar-refractivity contribution in [2.75, 3.05) is 7.05 Å². The zero-order valence-electron chi connectivity index (χ0n) is 16.9. The molecule has 0 spiro atoms. The molecular weight excluding hydrogens is 476 g/mol. The highest BCUT2D eigenvalue weighted by molar-refractivity contribution is 9.10. The molecule has 1 aliphatic rings. The SMILES string of the molecule is CN1C(=O)C(c2ccc3occc3c2)[C@@](C)(c2cc(-c3ccc(Br)cn3)cs2)N=C1N. The molecule has 1 amide bonds. The van der Waals surface area contributed by atoms with E-state index in [9.17, 15) is 4.79 Å². The van der Waals surface area contributed by atoms with Crippen LogP contribution in [0.15, 0.2) is 74.2 Å². The van der Waals surface area contributed by atoms with Gasteiger partial charge in [-0.25, -0.2) is 4.99 Å². The first-order valence-electron chi connectivity index (χ1n) is 9.68. The Bertz CT molecular complexity index is 1330. The Kier molecular flexibility index (Phi) is 4.71. The molecule has 1 unspecified atom stereocenters. The lowest BCUT2D eigenvalue weighted by Crippen LogP contribution is -2.52. The fourth-order valence-electron chi connectivity index (χ4n) is 4.04. The van der Waals surface area contributed by atoms with Crippen LogP contribution in [0.2, 0.25) is 0 Å². The molecule has 0 fully saturated rings. The standard InChI is InChI=1S/C23H19BrN4O2S/c1-23(19-10-15(12-31-19)17-5-4-16(24)11-26-17)20(21(29)28(2)22(25)27-23)14-3-6-18-13(9-14)7-8-30-18/h3-12,20H,1-2H3,(H2,25,27)/t20?,23-/m1/s1. The lowest BCUT2D eigenvalue weighted by molar-refractivity contribution is -0.130. The second kappa shape index (κ2) is 7.32. The van der Waals surface area contributed by atoms with Gasteiger partial charge in [-0.3, -0.25) is 14.7 Å². The number of likely N-dealkylation sites (N-methyl/N-ethyl adjacent to an activating group) is 1. The molecule has 0 radical (unpaired) electrons. The maximum atomic E-state index is 13.4. The first-order valence-corrected chi connectivity index (χ1v) is 11.3. The molecule has 31 heavy (non-hydrogen) atoms. The average Bonchev–Trinajstić information content (AvgIpc) is 3.42. The van der Waals surface area contributed by atoms with Crippen LogP contribution in [0.4, 0.5) is 0 Å². The summed E-state index contributed by atoms with van der Waals surface area (Å²) in [6, 6.07) is 13.7. The Morgan fingerprint density at radius 1 is 1.23 bits per heavy atom. The molecule has 156 valence electrons. The van der Waals surface area contributed by atoms with Crippen molar-refractivity contribution in [3.8, 4) is 11.3 Å². The molecular formula is C23H19BrN4O2S. The third kappa shape index (κ3) is 3.26. The molecule has 0 saturated heterocycles. The number of carbonyl (C=O) groups excluding carboxylic acids is 1. The lowest BCUT2D eigenvalue weighted by Gasteiger charge is -2.40. The molecule has 4 aromatic rings. The lowest BCUT2D eigenvalue weighted by atomic mass is 9.77. The van der Waals surface area contributed by atoms with E-state index in [1.54, 1.807) is 30.8 Å². The molecule has 4 heterocycles. The molecule has 2 N–H and O–H groups in total. The van der Waals surface area contributed by atoms with Gasteiger partial charge in [0.1, 0.15) is 11.1 Å². The zero-order chi connectivity index (χ0) is 21.8. The van der Waals surface area contributed by atoms with Gasteiger partial charge in [-0.2, -0.15) is 0 Å². The summed E-state index contributed by atoms with van der Waals surface area (Å²) in [5.74, 6) is -0.395. The van der Waals surface area contributed by atoms with E-state index in [0.29, 0.717) is 0 Å². The monoisotopic (exact) mass is 494 g/mol. The summed E-state index contributed by atoms with van der Waals surface area (Å²) < 4.78 is 6.39. The third-order valence-electron chi connectivity index (χ3n) is 5.76. The van der Waals surface area contributed by atoms with Crippen LogP contribution >= 0.6 is 27.3 Å². The molecule has 0 bridgehead atoms. The second-order valence-corrected chi connectivity index (χ2v) is 9.55. The number of furan rings is 1. The van der Waals surface area contributed by atoms with Crippen molar-refractivity contribution >= 4 is 50.1 Å². The van der Waals surface area contributed by atoms with Crippen molar-refractivity contribution < 1.29 is 9.21 Å². The molecule has 5 rings (SSSR count). The number of nitrogens with zero attached hydrogens (tertiary/aromatic N) is 3. The van der Waals surface area contributed by atoms with Crippen LogP contribution in [-0.2, 0) is 10.3 Å². The number of fused-ring (bicyclic) bond motifs is 1. The van der Waals surface area contributed by atoms with Crippen LogP contribution in [0, 0.1) is 0 Å². The molecule has 1 aliphatic heterocycles. The van der Waals surface area contributed by atoms with E-state index in [4.69, 9.17) is 15.1 Å². The molecule has 2 atom stereocenters. The third-order valence-corrected chi connectivity index (χ3v) is 7.39. The molecule has 8 heteroatoms. The summed E-state index contributed by atoms with van der Waals surface area (Å²) >= 11 is 4.98. The number of aliphatic imine (C=N–C) groups is 1. The normalized spacial score (nSPS) is 21.5. The van der Waals surface area contributed by atoms with E-state index < -0.39 is 11.5 Å². The molecule has 3 aromatic heterocycles. The molecule has 0 saturated carbocycles. The predicted molar refractivity (Wildman–Crippen MR) is 126 cm³/mol. The van der Waals surface area contributed by atoms with Gasteiger partial charge in [0, 0.05) is 38.9 Å². The number of rotatable bonds is 3. The van der Waals surface area contributed by atoms with Crippen LogP contribution in [-0.4, -0.2) is 28.8 Å². The average molecular weight is 495 g/mol. The number of guanidine groups is 1. The Hall–Kier alpha value is -2.97. The van der Waals surface area contributed by atoms with Gasteiger partial charge in [-0.05, 0) is 64.8 Å². The van der Waals surface area contributed by atoms with Gasteiger partial charge in [-0.1, -0.05) is 6.07 Å². The Morgan fingerprint density at radius 2 is 2.06 bits per heavy atom. The van der Waals surface area contributed by atoms with E-state index >= 15 is 0 Å². The van der Waals surface area contributed by atoms with Crippen LogP contribution in [0.5, 0.6) is 0 Å². The summed E-state index contributed by atoms with van der Waals surface area (Å²) in [4.78, 5) is 25.1. The van der Waals surface area contributed by atoms with Gasteiger partial charge in [-0.15, -0.1) is 11.3 Å². The van der Waals surface area contributed by atoms with Gasteiger partial charge in [0.2, 0.25) is 5.91 Å². The van der Waals surface area contributed by atoms with Gasteiger partial charge in [0.15, 0.2) is 5.96 Å². The summed E-state index contributed by atoms with van der Waals surface area (Å²) in [6.07, 6.45) is 3.42. The predicted octanol–water partition coefficient (Wildman–Crippen LogP) is 5.10. The number of halogens is 1. The number of hydrogen-bond acceptors (Lipinski definition) is 6. The van der Waals surface area contributed by atoms with Gasteiger partial charge < -0.3 is 10.2 Å². The maximum Gasteiger partial charge on any atom is 0.239 e. The number of amides is 1. The molecule has 0 aliphatic carbocycles. The highest BCUT2D eigenvalue weighted by atomic mass is 79.9. The van der Waals surface area contributed by atoms with Crippen molar-refractivity contribution in [2.24, 2.45) is 10.7 Å².